The maximum absolute atomic E-state index is 12.4. The molecular formula is C58H79BrClIN11O8S-. The molecule has 4 aromatic rings. The van der Waals surface area contributed by atoms with Crippen molar-refractivity contribution in [1.82, 2.24) is 35.1 Å². The highest BCUT2D eigenvalue weighted by Gasteiger charge is 2.38. The topological polar surface area (TPSA) is 227 Å². The second-order valence-corrected chi connectivity index (χ2v) is 24.9. The summed E-state index contributed by atoms with van der Waals surface area (Å²) in [5.41, 5.74) is 5.03. The summed E-state index contributed by atoms with van der Waals surface area (Å²) in [6.45, 7) is 17.9. The predicted octanol–water partition coefficient (Wildman–Crippen LogP) is 10.6. The zero-order valence-electron chi connectivity index (χ0n) is 47.6. The van der Waals surface area contributed by atoms with Crippen LogP contribution in [0.4, 0.5) is 33.1 Å². The molecule has 0 bridgehead atoms. The summed E-state index contributed by atoms with van der Waals surface area (Å²) >= 11 is 9.25. The van der Waals surface area contributed by atoms with Gasteiger partial charge in [0.1, 0.15) is 24.8 Å². The number of ether oxygens (including phenoxy) is 2. The van der Waals surface area contributed by atoms with Gasteiger partial charge in [0.2, 0.25) is 23.0 Å². The summed E-state index contributed by atoms with van der Waals surface area (Å²) < 4.78 is 28.5. The molecule has 1 unspecified atom stereocenters. The van der Waals surface area contributed by atoms with Gasteiger partial charge in [0.15, 0.2) is 0 Å². The first kappa shape index (κ1) is 66.7. The minimum absolute atomic E-state index is 0.00414. The summed E-state index contributed by atoms with van der Waals surface area (Å²) in [6.07, 6.45) is 16.0. The number of hydrogen-bond donors (Lipinski definition) is 3. The lowest BCUT2D eigenvalue weighted by atomic mass is 9.89. The summed E-state index contributed by atoms with van der Waals surface area (Å²) in [7, 11) is 2.10. The van der Waals surface area contributed by atoms with Crippen LogP contribution in [0.3, 0.4) is 0 Å². The van der Waals surface area contributed by atoms with E-state index in [0.29, 0.717) is 48.0 Å². The van der Waals surface area contributed by atoms with Crippen molar-refractivity contribution in [2.45, 2.75) is 104 Å². The molecule has 4 saturated heterocycles. The van der Waals surface area contributed by atoms with E-state index in [1.807, 2.05) is 30.0 Å². The molecule has 4 aliphatic rings. The summed E-state index contributed by atoms with van der Waals surface area (Å²) in [5.74, 6) is 4.13. The van der Waals surface area contributed by atoms with Gasteiger partial charge in [0.05, 0.1) is 24.2 Å². The Morgan fingerprint density at radius 2 is 1.19 bits per heavy atom. The number of rotatable bonds is 19. The van der Waals surface area contributed by atoms with Crippen molar-refractivity contribution in [3.63, 3.8) is 0 Å². The van der Waals surface area contributed by atoms with Crippen molar-refractivity contribution in [1.29, 1.82) is 0 Å². The van der Waals surface area contributed by atoms with Crippen molar-refractivity contribution < 1.29 is 37.4 Å². The van der Waals surface area contributed by atoms with Gasteiger partial charge in [-0.25, -0.2) is 19.6 Å². The van der Waals surface area contributed by atoms with Crippen LogP contribution in [-0.2, 0) is 40.2 Å². The van der Waals surface area contributed by atoms with Gasteiger partial charge in [-0.3, -0.25) is 23.6 Å². The zero-order valence-corrected chi connectivity index (χ0v) is 53.0. The van der Waals surface area contributed by atoms with Gasteiger partial charge in [0.25, 0.3) is 0 Å². The lowest BCUT2D eigenvalue weighted by Crippen LogP contribution is -2.38. The maximum Gasteiger partial charge on any atom is 0.415 e. The van der Waals surface area contributed by atoms with Crippen LogP contribution in [0.1, 0.15) is 102 Å². The van der Waals surface area contributed by atoms with Crippen molar-refractivity contribution in [3.05, 3.63) is 120 Å². The van der Waals surface area contributed by atoms with Gasteiger partial charge in [0, 0.05) is 72.9 Å². The predicted molar refractivity (Wildman–Crippen MR) is 333 cm³/mol. The smallest absolute Gasteiger partial charge is 0.415 e. The van der Waals surface area contributed by atoms with Crippen LogP contribution in [0.15, 0.2) is 97.4 Å². The Morgan fingerprint density at radius 3 is 1.57 bits per heavy atom. The summed E-state index contributed by atoms with van der Waals surface area (Å²) in [4.78, 5) is 72.0. The van der Waals surface area contributed by atoms with Gasteiger partial charge in [-0.1, -0.05) is 104 Å². The van der Waals surface area contributed by atoms with Gasteiger partial charge >= 0.3 is 12.2 Å². The lowest BCUT2D eigenvalue weighted by Gasteiger charge is -2.31. The molecule has 0 radical (unpaired) electrons. The van der Waals surface area contributed by atoms with E-state index >= 15 is 0 Å². The Hall–Kier alpha value is -5.11. The minimum Gasteiger partial charge on any atom is -0.764 e. The number of alkyl halides is 1. The van der Waals surface area contributed by atoms with Crippen LogP contribution >= 0.6 is 48.7 Å². The summed E-state index contributed by atoms with van der Waals surface area (Å²) in [5, 5.41) is 10.4. The fourth-order valence-electron chi connectivity index (χ4n) is 9.64. The Labute approximate surface area is 506 Å². The number of aromatic nitrogens is 4. The number of halogens is 3. The highest BCUT2D eigenvalue weighted by Crippen LogP contribution is 2.30. The number of likely N-dealkylation sites (tertiary alicyclic amines) is 1. The SMILES string of the molecule is CC(C)[C@H]1COC(=O)N1c1ccnc(N[C@@H](C)c2ccc(CC3CCN(C(=O)/C=C/CN(C)C)CC3)cc2)n1.CC(C)[C@H]1COC(=O)N1c1ccnc(N[C@@H](C)c2ccc(CC3CCNCC3)cc2)n1.O=C(Cl)/C=C/CBr.O=S([O-])I. The van der Waals surface area contributed by atoms with Crippen LogP contribution < -0.4 is 25.8 Å². The largest absolute Gasteiger partial charge is 0.764 e. The number of hydrogen-bond acceptors (Lipinski definition) is 16. The molecule has 0 spiro atoms. The fraction of sp³-hybridized carbons (Fsp3) is 0.517. The summed E-state index contributed by atoms with van der Waals surface area (Å²) in [6, 6.07) is 21.0. The van der Waals surface area contributed by atoms with Crippen LogP contribution in [0, 0.1) is 23.7 Å². The number of benzene rings is 2. The van der Waals surface area contributed by atoms with E-state index in [1.54, 1.807) is 46.5 Å². The average Bonchev–Trinajstić information content (AvgIpc) is 4.07. The molecule has 5 atom stereocenters. The Morgan fingerprint density at radius 1 is 0.753 bits per heavy atom. The molecule has 3 amide bonds. The molecule has 0 aliphatic carbocycles. The number of nitrogens with one attached hydrogen (secondary N) is 3. The third-order valence-electron chi connectivity index (χ3n) is 14.3. The van der Waals surface area contributed by atoms with Crippen LogP contribution in [0.2, 0.25) is 0 Å². The maximum atomic E-state index is 12.4. The van der Waals surface area contributed by atoms with Crippen molar-refractivity contribution in [2.75, 3.05) is 85.8 Å². The first-order valence-corrected chi connectivity index (χ1v) is 32.6. The highest BCUT2D eigenvalue weighted by molar-refractivity contribution is 14.2. The highest BCUT2D eigenvalue weighted by atomic mass is 127. The number of anilines is 4. The van der Waals surface area contributed by atoms with E-state index in [0.717, 1.165) is 69.9 Å². The molecule has 8 rings (SSSR count). The number of allylic oxidation sites excluding steroid dienone is 2. The van der Waals surface area contributed by atoms with Crippen LogP contribution in [0.25, 0.3) is 0 Å². The third kappa shape index (κ3) is 22.5. The number of likely N-dealkylation sites (N-methyl/N-ethyl adjacent to an activating group) is 1. The van der Waals surface area contributed by atoms with Crippen molar-refractivity contribution >= 4 is 104 Å². The first-order valence-electron chi connectivity index (χ1n) is 27.5. The number of nitrogens with zero attached hydrogens (tertiary/aromatic N) is 8. The van der Waals surface area contributed by atoms with E-state index in [4.69, 9.17) is 29.8 Å². The second kappa shape index (κ2) is 34.5. The Bertz CT molecular complexity index is 2690. The Kier molecular flexibility index (Phi) is 28.4. The van der Waals surface area contributed by atoms with Crippen molar-refractivity contribution in [2.24, 2.45) is 23.7 Å². The Balaban J connectivity index is 0.000000255. The molecule has 19 nitrogen and oxygen atoms in total. The third-order valence-corrected chi connectivity index (χ3v) is 14.8. The molecule has 6 heterocycles. The van der Waals surface area contributed by atoms with E-state index in [2.05, 4.69) is 142 Å². The molecule has 4 fully saturated rings. The van der Waals surface area contributed by atoms with Crippen LogP contribution in [0.5, 0.6) is 0 Å². The number of carbonyl (C=O) groups excluding carboxylic acids is 4. The van der Waals surface area contributed by atoms with E-state index in [-0.39, 0.29) is 54.1 Å². The molecular weight excluding hydrogens is 1250 g/mol. The van der Waals surface area contributed by atoms with E-state index in [9.17, 15) is 19.2 Å². The molecule has 81 heavy (non-hydrogen) atoms. The molecule has 3 N–H and O–H groups in total. The normalized spacial score (nSPS) is 18.8. The van der Waals surface area contributed by atoms with Gasteiger partial charge < -0.3 is 39.8 Å². The van der Waals surface area contributed by atoms with Gasteiger partial charge in [-0.05, 0) is 155 Å². The number of carbonyl (C=O) groups is 4. The minimum atomic E-state index is -1.89. The van der Waals surface area contributed by atoms with E-state index < -0.39 is 13.5 Å². The quantitative estimate of drug-likeness (QED) is 0.0261. The zero-order chi connectivity index (χ0) is 59.0. The number of amides is 3. The molecule has 4 aliphatic heterocycles. The first-order chi connectivity index (χ1) is 38.7. The van der Waals surface area contributed by atoms with E-state index in [1.165, 1.54) is 56.8 Å². The standard InChI is InChI=1S/C30H42N6O3.C24H33N5O2.C4H4BrClO.HIO2S/c1-21(2)26-20-39-30(38)36(26)27-12-15-31-29(33-27)32-22(3)25-10-8-23(9-11-25)19-24-13-17-35(18-14-24)28(37)7-6-16-34(4)5;1-16(2)21-15-31-24(30)29(21)22-10-13-26-23(28-22)27-17(3)20-6-4-18(5-7-20)14-19-8-11-25-12-9-19;5-3-1-2-4(6)7;1-4(2)3/h6-12,15,21-22,24,26H,13-14,16-20H2,1-5H3,(H,31,32,33);4-7,10,13,16-17,19,21,25H,8-9,11-12,14-15H2,1-3H3,(H,26,27,28);1-2H,3H2;(H,2,3)/p-1/b7-6+;;2-1+;/t22-,26+;17-,21+;;/m00../s1. The molecule has 23 heteroatoms. The second-order valence-electron chi connectivity index (χ2n) is 21.3. The van der Waals surface area contributed by atoms with Crippen LogP contribution in [-0.4, -0.2) is 139 Å². The molecule has 442 valence electrons. The monoisotopic (exact) mass is 1330 g/mol. The lowest BCUT2D eigenvalue weighted by molar-refractivity contribution is -0.127. The fourth-order valence-corrected chi connectivity index (χ4v) is 9.92. The van der Waals surface area contributed by atoms with Gasteiger partial charge in [-0.15, -0.1) is 0 Å². The van der Waals surface area contributed by atoms with Gasteiger partial charge in [-0.2, -0.15) is 9.97 Å². The molecule has 2 aromatic heterocycles. The number of piperidine rings is 2. The van der Waals surface area contributed by atoms with Crippen molar-refractivity contribution in [3.8, 4) is 0 Å². The molecule has 2 aromatic carbocycles. The number of cyclic esters (lactones) is 2. The molecule has 0 saturated carbocycles. The average molecular weight is 1330 g/mol.